The normalized spacial score (nSPS) is 24.8. The number of piperazine rings is 1. The molecule has 0 N–H and O–H groups in total. The van der Waals surface area contributed by atoms with Crippen molar-refractivity contribution in [3.8, 4) is 35.2 Å². The van der Waals surface area contributed by atoms with Crippen molar-refractivity contribution in [1.82, 2.24) is 14.9 Å². The topological polar surface area (TPSA) is 105 Å². The fraction of sp³-hybridized carbons (Fsp3) is 0.523. The smallest absolute Gasteiger partial charge is 0.410 e. The predicted molar refractivity (Wildman–Crippen MR) is 209 cm³/mol. The highest BCUT2D eigenvalue weighted by Gasteiger charge is 2.56. The Kier molecular flexibility index (Phi) is 9.25. The molecule has 5 aliphatic rings. The van der Waals surface area contributed by atoms with E-state index in [4.69, 9.17) is 44.8 Å². The zero-order valence-electron chi connectivity index (χ0n) is 33.2. The Morgan fingerprint density at radius 2 is 1.89 bits per heavy atom. The summed E-state index contributed by atoms with van der Waals surface area (Å²) >= 11 is 0. The van der Waals surface area contributed by atoms with Crippen molar-refractivity contribution in [2.75, 3.05) is 32.0 Å². The standard InChI is InChI=1S/C44H48F2N4O7/c1-8-28-30(45)14-12-25-19-27(54-22-52-7)20-29(33(25)28)38-37(46)34-35-40(47-23(2)36(34)44(16-17-44)56-32-11-9-10-18-53-32)49-21-26-13-15-31(39(49)24(3)55-41(35)48-38)50(26)42(51)57-43(4,5)6/h1,12,14,19-20,24,26,31-32,39H,9-11,13,15-18,21-22H2,2-7H3/t24-,26+,31-,32?,39+/m0/s1. The third-order valence-corrected chi connectivity index (χ3v) is 12.0. The Morgan fingerprint density at radius 1 is 1.09 bits per heavy atom. The summed E-state index contributed by atoms with van der Waals surface area (Å²) in [5.74, 6) is 2.30. The van der Waals surface area contributed by atoms with Crippen LogP contribution in [-0.2, 0) is 24.5 Å². The molecule has 1 unspecified atom stereocenters. The summed E-state index contributed by atoms with van der Waals surface area (Å²) in [6, 6.07) is 5.43. The van der Waals surface area contributed by atoms with Crippen LogP contribution in [0.4, 0.5) is 19.4 Å². The number of aromatic nitrogens is 2. The van der Waals surface area contributed by atoms with Gasteiger partial charge in [0.2, 0.25) is 5.88 Å². The van der Waals surface area contributed by atoms with E-state index in [9.17, 15) is 4.79 Å². The van der Waals surface area contributed by atoms with E-state index in [0.717, 1.165) is 32.1 Å². The van der Waals surface area contributed by atoms with Crippen LogP contribution in [0.1, 0.15) is 89.5 Å². The molecule has 0 radical (unpaired) electrons. The Bertz CT molecular complexity index is 2330. The summed E-state index contributed by atoms with van der Waals surface area (Å²) in [7, 11) is 1.50. The molecular formula is C44H48F2N4O7. The molecule has 300 valence electrons. The maximum atomic E-state index is 18.3. The van der Waals surface area contributed by atoms with Gasteiger partial charge in [0.05, 0.1) is 34.7 Å². The molecule has 9 rings (SSSR count). The van der Waals surface area contributed by atoms with Gasteiger partial charge >= 0.3 is 6.09 Å². The van der Waals surface area contributed by atoms with Crippen LogP contribution < -0.4 is 14.4 Å². The Labute approximate surface area is 330 Å². The third-order valence-electron chi connectivity index (χ3n) is 12.0. The first-order valence-corrected chi connectivity index (χ1v) is 20.0. The molecule has 1 aliphatic carbocycles. The number of terminal acetylenes is 1. The Balaban J connectivity index is 1.29. The van der Waals surface area contributed by atoms with Gasteiger partial charge in [0.1, 0.15) is 34.8 Å². The van der Waals surface area contributed by atoms with Gasteiger partial charge in [-0.2, -0.15) is 0 Å². The van der Waals surface area contributed by atoms with Gasteiger partial charge < -0.3 is 33.3 Å². The van der Waals surface area contributed by atoms with E-state index < -0.39 is 35.2 Å². The average Bonchev–Trinajstić information content (AvgIpc) is 3.89. The number of pyridine rings is 2. The molecule has 3 saturated heterocycles. The van der Waals surface area contributed by atoms with Crippen LogP contribution in [0.5, 0.6) is 11.6 Å². The number of amides is 1. The number of hydrogen-bond donors (Lipinski definition) is 0. The van der Waals surface area contributed by atoms with Crippen LogP contribution in [0.3, 0.4) is 0 Å². The molecule has 4 aliphatic heterocycles. The lowest BCUT2D eigenvalue weighted by Gasteiger charge is -2.48. The first-order chi connectivity index (χ1) is 27.3. The number of carbonyl (C=O) groups is 1. The second-order valence-corrected chi connectivity index (χ2v) is 17.0. The van der Waals surface area contributed by atoms with Crippen LogP contribution in [0, 0.1) is 30.9 Å². The number of ether oxygens (including phenoxy) is 6. The zero-order chi connectivity index (χ0) is 40.0. The molecule has 11 nitrogen and oxygen atoms in total. The third kappa shape index (κ3) is 6.31. The fourth-order valence-corrected chi connectivity index (χ4v) is 9.63. The minimum absolute atomic E-state index is 0.0269. The molecule has 4 aromatic rings. The van der Waals surface area contributed by atoms with E-state index in [1.165, 1.54) is 13.2 Å². The van der Waals surface area contributed by atoms with E-state index >= 15 is 8.78 Å². The first-order valence-electron chi connectivity index (χ1n) is 20.0. The van der Waals surface area contributed by atoms with E-state index in [-0.39, 0.29) is 59.1 Å². The molecule has 1 saturated carbocycles. The average molecular weight is 783 g/mol. The van der Waals surface area contributed by atoms with Crippen molar-refractivity contribution in [3.63, 3.8) is 0 Å². The maximum absolute atomic E-state index is 18.3. The monoisotopic (exact) mass is 782 g/mol. The quantitative estimate of drug-likeness (QED) is 0.134. The summed E-state index contributed by atoms with van der Waals surface area (Å²) in [6.07, 6.45) is 10.1. The van der Waals surface area contributed by atoms with Crippen molar-refractivity contribution in [1.29, 1.82) is 0 Å². The molecule has 1 amide bonds. The number of halogens is 2. The molecule has 2 aromatic carbocycles. The van der Waals surface area contributed by atoms with Crippen molar-refractivity contribution in [3.05, 3.63) is 52.7 Å². The molecule has 6 heterocycles. The highest BCUT2D eigenvalue weighted by molar-refractivity contribution is 6.06. The molecule has 4 fully saturated rings. The van der Waals surface area contributed by atoms with E-state index in [1.54, 1.807) is 18.2 Å². The van der Waals surface area contributed by atoms with Gasteiger partial charge in [0.25, 0.3) is 0 Å². The largest absolute Gasteiger partial charge is 0.472 e. The lowest BCUT2D eigenvalue weighted by molar-refractivity contribution is -0.199. The molecular weight excluding hydrogens is 735 g/mol. The minimum Gasteiger partial charge on any atom is -0.472 e. The molecule has 57 heavy (non-hydrogen) atoms. The van der Waals surface area contributed by atoms with Crippen molar-refractivity contribution in [2.24, 2.45) is 0 Å². The zero-order valence-corrected chi connectivity index (χ0v) is 33.2. The lowest BCUT2D eigenvalue weighted by atomic mass is 9.92. The van der Waals surface area contributed by atoms with Gasteiger partial charge in [-0.3, -0.25) is 4.90 Å². The van der Waals surface area contributed by atoms with Gasteiger partial charge in [0.15, 0.2) is 18.9 Å². The van der Waals surface area contributed by atoms with Crippen molar-refractivity contribution >= 4 is 33.5 Å². The molecule has 2 aromatic heterocycles. The van der Waals surface area contributed by atoms with Gasteiger partial charge in [0, 0.05) is 47.9 Å². The number of methoxy groups -OCH3 is 1. The summed E-state index contributed by atoms with van der Waals surface area (Å²) in [5.41, 5.74) is -0.182. The summed E-state index contributed by atoms with van der Waals surface area (Å²) < 4.78 is 70.5. The number of carbonyl (C=O) groups excluding carboxylic acids is 1. The van der Waals surface area contributed by atoms with Crippen molar-refractivity contribution in [2.45, 2.75) is 121 Å². The first kappa shape index (κ1) is 37.8. The summed E-state index contributed by atoms with van der Waals surface area (Å²) in [6.45, 7) is 10.4. The number of benzene rings is 2. The van der Waals surface area contributed by atoms with Crippen molar-refractivity contribution < 1.29 is 42.0 Å². The number of hydrogen-bond acceptors (Lipinski definition) is 10. The molecule has 13 heteroatoms. The van der Waals surface area contributed by atoms with Crippen LogP contribution in [0.25, 0.3) is 32.8 Å². The van der Waals surface area contributed by atoms with E-state index in [2.05, 4.69) is 10.8 Å². The Hall–Kier alpha value is -4.77. The highest BCUT2D eigenvalue weighted by atomic mass is 19.1. The Morgan fingerprint density at radius 3 is 2.60 bits per heavy atom. The number of fused-ring (bicyclic) bond motifs is 6. The lowest BCUT2D eigenvalue weighted by Crippen LogP contribution is -2.65. The van der Waals surface area contributed by atoms with Crippen LogP contribution in [0.2, 0.25) is 0 Å². The van der Waals surface area contributed by atoms with Gasteiger partial charge in [-0.25, -0.2) is 23.5 Å². The van der Waals surface area contributed by atoms with Gasteiger partial charge in [-0.05, 0) is 103 Å². The summed E-state index contributed by atoms with van der Waals surface area (Å²) in [5, 5.41) is 1.55. The van der Waals surface area contributed by atoms with E-state index in [1.807, 2.05) is 39.5 Å². The number of rotatable bonds is 7. The van der Waals surface area contributed by atoms with Crippen LogP contribution >= 0.6 is 0 Å². The second kappa shape index (κ2) is 14.0. The molecule has 5 atom stereocenters. The summed E-state index contributed by atoms with van der Waals surface area (Å²) in [4.78, 5) is 28.1. The molecule has 0 spiro atoms. The number of anilines is 1. The molecule has 2 bridgehead atoms. The second-order valence-electron chi connectivity index (χ2n) is 17.0. The number of nitrogens with zero attached hydrogens (tertiary/aromatic N) is 4. The predicted octanol–water partition coefficient (Wildman–Crippen LogP) is 8.27. The van der Waals surface area contributed by atoms with Crippen LogP contribution in [0.15, 0.2) is 24.3 Å². The maximum Gasteiger partial charge on any atom is 0.410 e. The number of aryl methyl sites for hydroxylation is 1. The minimum atomic E-state index is -0.859. The van der Waals surface area contributed by atoms with E-state index in [0.29, 0.717) is 65.0 Å². The fourth-order valence-electron chi connectivity index (χ4n) is 9.63. The highest BCUT2D eigenvalue weighted by Crippen LogP contribution is 2.57. The van der Waals surface area contributed by atoms with Gasteiger partial charge in [-0.15, -0.1) is 6.42 Å². The SMILES string of the molecule is C#Cc1c(F)ccc2cc(OCOC)cc(-c3nc4c5c(nc(C)c(C6(OC7CCCCO7)CC6)c5c3F)N3C[C@H]5CC[C@@H]([C@H]3[C@H](C)O4)N5C(=O)OC(C)(C)C)c12. The van der Waals surface area contributed by atoms with Gasteiger partial charge in [-0.1, -0.05) is 12.0 Å². The van der Waals surface area contributed by atoms with Crippen LogP contribution in [-0.4, -0.2) is 84.1 Å².